The molecule has 1 heterocycles. The molecule has 0 spiro atoms. The van der Waals surface area contributed by atoms with Crippen LogP contribution >= 0.6 is 0 Å². The van der Waals surface area contributed by atoms with Gasteiger partial charge in [-0.05, 0) is 18.8 Å². The summed E-state index contributed by atoms with van der Waals surface area (Å²) in [6, 6.07) is 0. The number of rotatable bonds is 3. The fourth-order valence-electron chi connectivity index (χ4n) is 3.33. The lowest BCUT2D eigenvalue weighted by molar-refractivity contribution is -0.145. The summed E-state index contributed by atoms with van der Waals surface area (Å²) >= 11 is 0. The lowest BCUT2D eigenvalue weighted by Gasteiger charge is -2.24. The Morgan fingerprint density at radius 1 is 1.69 bits per heavy atom. The Morgan fingerprint density at radius 3 is 3.00 bits per heavy atom. The topological polar surface area (TPSA) is 46.5 Å². The predicted molar refractivity (Wildman–Crippen MR) is 60.7 cm³/mol. The largest absolute Gasteiger partial charge is 0.461 e. The highest BCUT2D eigenvalue weighted by molar-refractivity contribution is 5.72. The van der Waals surface area contributed by atoms with E-state index < -0.39 is 0 Å². The van der Waals surface area contributed by atoms with Gasteiger partial charge in [-0.3, -0.25) is 4.79 Å². The van der Waals surface area contributed by atoms with E-state index in [1.807, 2.05) is 0 Å². The standard InChI is InChI=1S/C13H20O3/c1-4-5-10(14)9-7-13(2,3)12-8(9)6-11(15)16-12/h4,8-10,12,14H,1,5-7H2,2-3H3/t8-,9-,10-,12-/m1/s1. The smallest absolute Gasteiger partial charge is 0.306 e. The first-order valence-electron chi connectivity index (χ1n) is 5.94. The zero-order valence-electron chi connectivity index (χ0n) is 9.98. The van der Waals surface area contributed by atoms with Gasteiger partial charge in [-0.1, -0.05) is 19.9 Å². The molecule has 4 atom stereocenters. The van der Waals surface area contributed by atoms with Gasteiger partial charge in [-0.25, -0.2) is 0 Å². The van der Waals surface area contributed by atoms with Gasteiger partial charge in [0.1, 0.15) is 6.10 Å². The molecule has 0 unspecified atom stereocenters. The average Bonchev–Trinajstić information content (AvgIpc) is 2.66. The number of aliphatic hydroxyl groups excluding tert-OH is 1. The van der Waals surface area contributed by atoms with Crippen molar-refractivity contribution >= 4 is 5.97 Å². The molecule has 0 aromatic heterocycles. The molecule has 1 saturated carbocycles. The molecular formula is C13H20O3. The third kappa shape index (κ3) is 1.77. The van der Waals surface area contributed by atoms with E-state index in [0.29, 0.717) is 12.8 Å². The number of esters is 1. The lowest BCUT2D eigenvalue weighted by atomic mass is 9.87. The molecule has 0 radical (unpaired) electrons. The van der Waals surface area contributed by atoms with Crippen molar-refractivity contribution in [2.45, 2.75) is 45.3 Å². The number of carbonyl (C=O) groups excluding carboxylic acids is 1. The fourth-order valence-corrected chi connectivity index (χ4v) is 3.33. The molecular weight excluding hydrogens is 204 g/mol. The van der Waals surface area contributed by atoms with Crippen molar-refractivity contribution < 1.29 is 14.6 Å². The molecule has 0 aromatic rings. The van der Waals surface area contributed by atoms with Crippen LogP contribution in [0.1, 0.15) is 33.1 Å². The van der Waals surface area contributed by atoms with Crippen molar-refractivity contribution in [3.63, 3.8) is 0 Å². The van der Waals surface area contributed by atoms with Crippen molar-refractivity contribution in [3.05, 3.63) is 12.7 Å². The van der Waals surface area contributed by atoms with Crippen LogP contribution in [-0.2, 0) is 9.53 Å². The van der Waals surface area contributed by atoms with Crippen LogP contribution in [0.3, 0.4) is 0 Å². The molecule has 0 bridgehead atoms. The van der Waals surface area contributed by atoms with Crippen molar-refractivity contribution in [2.75, 3.05) is 0 Å². The Bertz CT molecular complexity index is 308. The van der Waals surface area contributed by atoms with Gasteiger partial charge in [0.05, 0.1) is 12.5 Å². The van der Waals surface area contributed by atoms with Gasteiger partial charge in [0.15, 0.2) is 0 Å². The number of aliphatic hydroxyl groups is 1. The molecule has 3 heteroatoms. The summed E-state index contributed by atoms with van der Waals surface area (Å²) in [5.74, 6) is 0.250. The summed E-state index contributed by atoms with van der Waals surface area (Å²) < 4.78 is 5.38. The molecule has 3 nitrogen and oxygen atoms in total. The molecule has 1 aliphatic heterocycles. The second kappa shape index (κ2) is 3.88. The molecule has 2 rings (SSSR count). The molecule has 1 N–H and O–H groups in total. The minimum atomic E-state index is -0.388. The van der Waals surface area contributed by atoms with Gasteiger partial charge < -0.3 is 9.84 Å². The van der Waals surface area contributed by atoms with Gasteiger partial charge in [-0.15, -0.1) is 6.58 Å². The molecule has 2 aliphatic rings. The van der Waals surface area contributed by atoms with Crippen molar-refractivity contribution in [1.82, 2.24) is 0 Å². The van der Waals surface area contributed by atoms with E-state index in [1.54, 1.807) is 6.08 Å². The Kier molecular flexibility index (Phi) is 2.82. The minimum Gasteiger partial charge on any atom is -0.461 e. The number of hydrogen-bond acceptors (Lipinski definition) is 3. The quantitative estimate of drug-likeness (QED) is 0.588. The van der Waals surface area contributed by atoms with Crippen LogP contribution in [0.15, 0.2) is 12.7 Å². The third-order valence-corrected chi connectivity index (χ3v) is 4.03. The summed E-state index contributed by atoms with van der Waals surface area (Å²) in [5.41, 5.74) is -0.0103. The molecule has 1 aliphatic carbocycles. The maximum Gasteiger partial charge on any atom is 0.306 e. The molecule has 0 amide bonds. The van der Waals surface area contributed by atoms with Crippen LogP contribution in [0.5, 0.6) is 0 Å². The Balaban J connectivity index is 2.17. The van der Waals surface area contributed by atoms with Crippen LogP contribution < -0.4 is 0 Å². The van der Waals surface area contributed by atoms with E-state index in [1.165, 1.54) is 0 Å². The van der Waals surface area contributed by atoms with E-state index in [4.69, 9.17) is 4.74 Å². The summed E-state index contributed by atoms with van der Waals surface area (Å²) in [4.78, 5) is 11.3. The van der Waals surface area contributed by atoms with E-state index in [9.17, 15) is 9.90 Å². The van der Waals surface area contributed by atoms with Crippen LogP contribution in [-0.4, -0.2) is 23.3 Å². The lowest BCUT2D eigenvalue weighted by Crippen LogP contribution is -2.27. The highest BCUT2D eigenvalue weighted by atomic mass is 16.6. The number of hydrogen-bond donors (Lipinski definition) is 1. The normalized spacial score (nSPS) is 37.9. The van der Waals surface area contributed by atoms with Crippen molar-refractivity contribution in [3.8, 4) is 0 Å². The maximum absolute atomic E-state index is 11.3. The zero-order chi connectivity index (χ0) is 11.9. The summed E-state index contributed by atoms with van der Waals surface area (Å²) in [6.07, 6.45) is 3.32. The third-order valence-electron chi connectivity index (χ3n) is 4.03. The highest BCUT2D eigenvalue weighted by Gasteiger charge is 2.56. The van der Waals surface area contributed by atoms with Gasteiger partial charge >= 0.3 is 5.97 Å². The van der Waals surface area contributed by atoms with E-state index >= 15 is 0 Å². The summed E-state index contributed by atoms with van der Waals surface area (Å²) in [5, 5.41) is 10.1. The summed E-state index contributed by atoms with van der Waals surface area (Å²) in [6.45, 7) is 7.88. The monoisotopic (exact) mass is 224 g/mol. The average molecular weight is 224 g/mol. The van der Waals surface area contributed by atoms with Crippen LogP contribution in [0, 0.1) is 17.3 Å². The Morgan fingerprint density at radius 2 is 2.38 bits per heavy atom. The van der Waals surface area contributed by atoms with E-state index in [-0.39, 0.29) is 35.4 Å². The second-order valence-electron chi connectivity index (χ2n) is 5.73. The first-order valence-corrected chi connectivity index (χ1v) is 5.94. The second-order valence-corrected chi connectivity index (χ2v) is 5.73. The van der Waals surface area contributed by atoms with Crippen LogP contribution in [0.2, 0.25) is 0 Å². The SMILES string of the molecule is C=CC[C@@H](O)[C@@H]1CC(C)(C)[C@@H]2OC(=O)C[C@H]12. The number of carbonyl (C=O) groups is 1. The van der Waals surface area contributed by atoms with Crippen LogP contribution in [0.4, 0.5) is 0 Å². The highest BCUT2D eigenvalue weighted by Crippen LogP contribution is 2.52. The van der Waals surface area contributed by atoms with Crippen molar-refractivity contribution in [1.29, 1.82) is 0 Å². The van der Waals surface area contributed by atoms with Gasteiger partial charge in [0.25, 0.3) is 0 Å². The molecule has 90 valence electrons. The Hall–Kier alpha value is -0.830. The van der Waals surface area contributed by atoms with Crippen molar-refractivity contribution in [2.24, 2.45) is 17.3 Å². The van der Waals surface area contributed by atoms with E-state index in [0.717, 1.165) is 6.42 Å². The maximum atomic E-state index is 11.3. The molecule has 1 saturated heterocycles. The fraction of sp³-hybridized carbons (Fsp3) is 0.769. The molecule has 0 aromatic carbocycles. The van der Waals surface area contributed by atoms with E-state index in [2.05, 4.69) is 20.4 Å². The minimum absolute atomic E-state index is 0.00975. The first kappa shape index (κ1) is 11.6. The summed E-state index contributed by atoms with van der Waals surface area (Å²) in [7, 11) is 0. The zero-order valence-corrected chi connectivity index (χ0v) is 9.98. The van der Waals surface area contributed by atoms with Gasteiger partial charge in [0.2, 0.25) is 0 Å². The number of ether oxygens (including phenoxy) is 1. The number of fused-ring (bicyclic) bond motifs is 1. The van der Waals surface area contributed by atoms with Crippen LogP contribution in [0.25, 0.3) is 0 Å². The molecule has 2 fully saturated rings. The predicted octanol–water partition coefficient (Wildman–Crippen LogP) is 1.90. The van der Waals surface area contributed by atoms with Gasteiger partial charge in [0, 0.05) is 11.3 Å². The van der Waals surface area contributed by atoms with Gasteiger partial charge in [-0.2, -0.15) is 0 Å². The Labute approximate surface area is 96.5 Å². The first-order chi connectivity index (χ1) is 7.45. The molecule has 16 heavy (non-hydrogen) atoms.